The van der Waals surface area contributed by atoms with Crippen molar-refractivity contribution < 1.29 is 31.1 Å². The predicted molar refractivity (Wildman–Crippen MR) is 171 cm³/mol. The Morgan fingerprint density at radius 3 is 2.30 bits per heavy atom. The zero-order chi connectivity index (χ0) is 33.2. The number of nitrogens with zero attached hydrogens (tertiary/aromatic N) is 2. The molecule has 5 aromatic rings. The maximum absolute atomic E-state index is 14.3. The lowest BCUT2D eigenvalue weighted by Crippen LogP contribution is -2.32. The van der Waals surface area contributed by atoms with E-state index in [-0.39, 0.29) is 23.0 Å². The molecule has 0 aliphatic heterocycles. The quantitative estimate of drug-likeness (QED) is 0.151. The molecule has 0 saturated heterocycles. The summed E-state index contributed by atoms with van der Waals surface area (Å²) in [6.45, 7) is 4.02. The summed E-state index contributed by atoms with van der Waals surface area (Å²) in [6, 6.07) is 18.1. The highest BCUT2D eigenvalue weighted by Crippen LogP contribution is 2.31. The van der Waals surface area contributed by atoms with Gasteiger partial charge in [0, 0.05) is 22.1 Å². The Balaban J connectivity index is 1.46. The summed E-state index contributed by atoms with van der Waals surface area (Å²) < 4.78 is 69.2. The highest BCUT2D eigenvalue weighted by Gasteiger charge is 2.30. The molecule has 240 valence electrons. The van der Waals surface area contributed by atoms with E-state index >= 15 is 0 Å². The van der Waals surface area contributed by atoms with Gasteiger partial charge in [-0.3, -0.25) is 9.69 Å². The van der Waals surface area contributed by atoms with Crippen LogP contribution in [0.3, 0.4) is 0 Å². The number of hydrogen-bond donors (Lipinski definition) is 2. The fraction of sp³-hybridized carbons (Fsp3) is 0.212. The Morgan fingerprint density at radius 2 is 1.70 bits per heavy atom. The summed E-state index contributed by atoms with van der Waals surface area (Å²) in [5.74, 6) is 0.261. The first-order valence-electron chi connectivity index (χ1n) is 14.2. The van der Waals surface area contributed by atoms with Crippen molar-refractivity contribution in [2.24, 2.45) is 5.14 Å². The molecule has 0 aliphatic rings. The molecule has 13 heteroatoms. The zero-order valence-corrected chi connectivity index (χ0v) is 26.4. The van der Waals surface area contributed by atoms with Gasteiger partial charge in [-0.1, -0.05) is 41.9 Å². The number of fused-ring (bicyclic) bond motifs is 1. The number of nitrogens with two attached hydrogens (primary N) is 1. The van der Waals surface area contributed by atoms with Gasteiger partial charge >= 0.3 is 6.18 Å². The first-order valence-corrected chi connectivity index (χ1v) is 16.1. The van der Waals surface area contributed by atoms with Gasteiger partial charge in [0.15, 0.2) is 0 Å². The Kier molecular flexibility index (Phi) is 9.43. The first kappa shape index (κ1) is 33.0. The molecule has 3 aromatic carbocycles. The number of aromatic nitrogens is 2. The number of halogens is 4. The summed E-state index contributed by atoms with van der Waals surface area (Å²) in [5, 5.41) is 6.74. The molecule has 2 heterocycles. The Hall–Kier alpha value is -4.39. The topological polar surface area (TPSA) is 118 Å². The largest absolute Gasteiger partial charge is 0.494 e. The average Bonchev–Trinajstić information content (AvgIpc) is 3.38. The maximum atomic E-state index is 14.3. The summed E-state index contributed by atoms with van der Waals surface area (Å²) >= 11 is 6.28. The van der Waals surface area contributed by atoms with Crippen LogP contribution in [0.1, 0.15) is 44.7 Å². The van der Waals surface area contributed by atoms with Crippen LogP contribution in [0.5, 0.6) is 5.75 Å². The minimum Gasteiger partial charge on any atom is -0.494 e. The maximum Gasteiger partial charge on any atom is 0.416 e. The third-order valence-corrected chi connectivity index (χ3v) is 8.96. The van der Waals surface area contributed by atoms with Crippen molar-refractivity contribution in [1.82, 2.24) is 9.97 Å². The van der Waals surface area contributed by atoms with E-state index < -0.39 is 27.7 Å². The number of benzene rings is 3. The van der Waals surface area contributed by atoms with E-state index in [4.69, 9.17) is 21.5 Å². The van der Waals surface area contributed by atoms with E-state index in [9.17, 15) is 26.4 Å². The first-order chi connectivity index (χ1) is 21.7. The number of anilines is 1. The number of alkyl halides is 3. The number of ether oxygens (including phenoxy) is 1. The lowest BCUT2D eigenvalue weighted by molar-refractivity contribution is -0.137. The van der Waals surface area contributed by atoms with E-state index in [2.05, 4.69) is 9.97 Å². The lowest BCUT2D eigenvalue weighted by atomic mass is 10.0. The lowest BCUT2D eigenvalue weighted by Gasteiger charge is -2.23. The number of aryl methyl sites for hydroxylation is 3. The molecular weight excluding hydrogens is 641 g/mol. The van der Waals surface area contributed by atoms with Crippen molar-refractivity contribution in [2.45, 2.75) is 44.3 Å². The number of aromatic amines is 1. The number of sulfonamides is 1. The summed E-state index contributed by atoms with van der Waals surface area (Å²) in [7, 11) is -4.06. The molecule has 0 fully saturated rings. The van der Waals surface area contributed by atoms with Crippen molar-refractivity contribution in [2.75, 3.05) is 11.5 Å². The van der Waals surface area contributed by atoms with Gasteiger partial charge in [-0.05, 0) is 91.4 Å². The van der Waals surface area contributed by atoms with E-state index in [1.54, 1.807) is 0 Å². The van der Waals surface area contributed by atoms with Crippen LogP contribution in [0.2, 0.25) is 5.02 Å². The molecule has 1 amide bonds. The number of H-pyrrole nitrogens is 1. The second-order valence-corrected chi connectivity index (χ2v) is 12.8. The number of rotatable bonds is 10. The summed E-state index contributed by atoms with van der Waals surface area (Å²) in [5.41, 5.74) is 3.10. The fourth-order valence-corrected chi connectivity index (χ4v) is 5.71. The molecule has 0 bridgehead atoms. The number of carbonyl (C=O) groups is 1. The number of carbonyl (C=O) groups excluding carboxylic acids is 1. The van der Waals surface area contributed by atoms with Crippen LogP contribution in [0.4, 0.5) is 19.0 Å². The third-order valence-electron chi connectivity index (χ3n) is 7.47. The van der Waals surface area contributed by atoms with Gasteiger partial charge in [0.25, 0.3) is 5.91 Å². The molecule has 0 spiro atoms. The Labute approximate surface area is 269 Å². The van der Waals surface area contributed by atoms with Crippen molar-refractivity contribution >= 4 is 44.3 Å². The highest BCUT2D eigenvalue weighted by atomic mass is 35.5. The summed E-state index contributed by atoms with van der Waals surface area (Å²) in [6.07, 6.45) is -2.47. The molecule has 0 unspecified atom stereocenters. The van der Waals surface area contributed by atoms with Crippen LogP contribution in [0, 0.1) is 13.8 Å². The number of nitrogens with one attached hydrogen (secondary N) is 1. The van der Waals surface area contributed by atoms with Gasteiger partial charge in [-0.15, -0.1) is 0 Å². The molecule has 46 heavy (non-hydrogen) atoms. The van der Waals surface area contributed by atoms with Crippen LogP contribution >= 0.6 is 11.6 Å². The fourth-order valence-electron chi connectivity index (χ4n) is 5.14. The minimum absolute atomic E-state index is 0.0821. The molecule has 0 aliphatic carbocycles. The van der Waals surface area contributed by atoms with Crippen molar-refractivity contribution in [1.29, 1.82) is 0 Å². The average molecular weight is 671 g/mol. The smallest absolute Gasteiger partial charge is 0.416 e. The predicted octanol–water partition coefficient (Wildman–Crippen LogP) is 7.36. The van der Waals surface area contributed by atoms with E-state index in [1.165, 1.54) is 29.2 Å². The van der Waals surface area contributed by atoms with Crippen molar-refractivity contribution in [3.05, 3.63) is 118 Å². The molecule has 8 nitrogen and oxygen atoms in total. The van der Waals surface area contributed by atoms with Crippen molar-refractivity contribution in [3.8, 4) is 5.75 Å². The zero-order valence-electron chi connectivity index (χ0n) is 24.9. The number of primary sulfonamides is 1. The normalized spacial score (nSPS) is 12.0. The van der Waals surface area contributed by atoms with Gasteiger partial charge in [0.05, 0.1) is 18.7 Å². The van der Waals surface area contributed by atoms with Crippen LogP contribution in [0.25, 0.3) is 10.9 Å². The SMILES string of the molecule is Cc1cc(OCCCc2c(C(=O)N(Cc3ccc(C(F)(F)F)cc3)c3ccc(S(N)(=O)=O)cn3)[nH]c3ccccc23)cc(C)c1Cl. The molecule has 0 radical (unpaired) electrons. The minimum atomic E-state index is -4.52. The second kappa shape index (κ2) is 13.1. The molecular formula is C33H30ClF3N4O4S. The second-order valence-electron chi connectivity index (χ2n) is 10.8. The van der Waals surface area contributed by atoms with Crippen LogP contribution in [-0.2, 0) is 29.2 Å². The van der Waals surface area contributed by atoms with Gasteiger partial charge in [-0.25, -0.2) is 18.5 Å². The number of para-hydroxylation sites is 1. The molecule has 3 N–H and O–H groups in total. The Morgan fingerprint density at radius 1 is 1.02 bits per heavy atom. The van der Waals surface area contributed by atoms with Gasteiger partial charge in [0.1, 0.15) is 22.2 Å². The van der Waals surface area contributed by atoms with Gasteiger partial charge < -0.3 is 9.72 Å². The monoisotopic (exact) mass is 670 g/mol. The molecule has 0 atom stereocenters. The molecule has 5 rings (SSSR count). The number of amides is 1. The number of hydrogen-bond acceptors (Lipinski definition) is 5. The summed E-state index contributed by atoms with van der Waals surface area (Å²) in [4.78, 5) is 22.7. The van der Waals surface area contributed by atoms with Crippen LogP contribution in [-0.4, -0.2) is 30.9 Å². The third kappa shape index (κ3) is 7.35. The Bertz CT molecular complexity index is 1970. The van der Waals surface area contributed by atoms with Crippen LogP contribution in [0.15, 0.2) is 83.9 Å². The van der Waals surface area contributed by atoms with E-state index in [1.807, 2.05) is 50.2 Å². The van der Waals surface area contributed by atoms with E-state index in [0.717, 1.165) is 45.9 Å². The van der Waals surface area contributed by atoms with Gasteiger partial charge in [0.2, 0.25) is 10.0 Å². The van der Waals surface area contributed by atoms with Crippen molar-refractivity contribution in [3.63, 3.8) is 0 Å². The molecule has 2 aromatic heterocycles. The van der Waals surface area contributed by atoms with E-state index in [0.29, 0.717) is 35.8 Å². The number of pyridine rings is 1. The van der Waals surface area contributed by atoms with Crippen LogP contribution < -0.4 is 14.8 Å². The van der Waals surface area contributed by atoms with Gasteiger partial charge in [-0.2, -0.15) is 13.2 Å². The molecule has 0 saturated carbocycles. The standard InChI is InChI=1S/C33H30ClF3N4O4S/c1-20-16-24(17-21(2)30(20)34)45-15-5-7-27-26-6-3-4-8-28(26)40-31(27)32(42)41(29-14-13-25(18-39-29)46(38,43)44)19-22-9-11-23(12-10-22)33(35,36)37/h3-4,6,8-14,16-18,40H,5,7,15,19H2,1-2H3,(H2,38,43,44). The highest BCUT2D eigenvalue weighted by molar-refractivity contribution is 7.89.